The summed E-state index contributed by atoms with van der Waals surface area (Å²) in [6, 6.07) is 7.32. The highest BCUT2D eigenvalue weighted by molar-refractivity contribution is 7.80. The fraction of sp³-hybridized carbons (Fsp3) is 0.357. The first-order valence-corrected chi connectivity index (χ1v) is 7.51. The molecule has 22 heavy (non-hydrogen) atoms. The molecule has 1 aromatic rings. The highest BCUT2D eigenvalue weighted by atomic mass is 35.5. The van der Waals surface area contributed by atoms with Gasteiger partial charge in [-0.1, -0.05) is 29.8 Å². The van der Waals surface area contributed by atoms with Crippen molar-refractivity contribution in [2.24, 2.45) is 0 Å². The van der Waals surface area contributed by atoms with E-state index in [9.17, 15) is 9.59 Å². The molecular formula is C14H18ClN3O3S. The molecule has 6 nitrogen and oxygen atoms in total. The summed E-state index contributed by atoms with van der Waals surface area (Å²) in [6.45, 7) is 2.15. The van der Waals surface area contributed by atoms with Crippen LogP contribution in [-0.4, -0.2) is 30.1 Å². The summed E-state index contributed by atoms with van der Waals surface area (Å²) in [5.74, 6) is -0.647. The molecule has 120 valence electrons. The third-order valence-electron chi connectivity index (χ3n) is 2.58. The van der Waals surface area contributed by atoms with Crippen LogP contribution >= 0.6 is 23.8 Å². The lowest BCUT2D eigenvalue weighted by molar-refractivity contribution is -0.126. The maximum atomic E-state index is 11.7. The van der Waals surface area contributed by atoms with E-state index in [1.807, 2.05) is 18.2 Å². The summed E-state index contributed by atoms with van der Waals surface area (Å²) in [7, 11) is 0. The van der Waals surface area contributed by atoms with Crippen LogP contribution < -0.4 is 16.2 Å². The molecule has 1 aromatic carbocycles. The Morgan fingerprint density at radius 2 is 1.95 bits per heavy atom. The van der Waals surface area contributed by atoms with Crippen LogP contribution in [0.15, 0.2) is 24.3 Å². The summed E-state index contributed by atoms with van der Waals surface area (Å²) in [5, 5.41) is 3.11. The second-order valence-electron chi connectivity index (χ2n) is 4.28. The molecule has 1 rings (SSSR count). The number of thiocarbonyl (C=S) groups is 1. The quantitative estimate of drug-likeness (QED) is 0.536. The normalized spacial score (nSPS) is 9.91. The van der Waals surface area contributed by atoms with Gasteiger partial charge in [-0.15, -0.1) is 0 Å². The predicted molar refractivity (Wildman–Crippen MR) is 88.3 cm³/mol. The van der Waals surface area contributed by atoms with Crippen LogP contribution in [0.25, 0.3) is 0 Å². The Labute approximate surface area is 139 Å². The first-order valence-electron chi connectivity index (χ1n) is 6.72. The number of ether oxygens (including phenoxy) is 1. The fourth-order valence-corrected chi connectivity index (χ4v) is 1.92. The lowest BCUT2D eigenvalue weighted by Crippen LogP contribution is -2.49. The average molecular weight is 344 g/mol. The van der Waals surface area contributed by atoms with Crippen molar-refractivity contribution in [3.05, 3.63) is 34.9 Å². The van der Waals surface area contributed by atoms with E-state index in [0.29, 0.717) is 18.1 Å². The number of carbonyl (C=O) groups excluding carboxylic acids is 2. The van der Waals surface area contributed by atoms with Crippen molar-refractivity contribution in [2.45, 2.75) is 19.8 Å². The largest absolute Gasteiger partial charge is 0.372 e. The number of halogens is 1. The van der Waals surface area contributed by atoms with Gasteiger partial charge in [0.15, 0.2) is 5.11 Å². The van der Waals surface area contributed by atoms with E-state index >= 15 is 0 Å². The highest BCUT2D eigenvalue weighted by Crippen LogP contribution is 2.16. The molecule has 0 radical (unpaired) electrons. The number of benzene rings is 1. The van der Waals surface area contributed by atoms with Crippen LogP contribution in [0.2, 0.25) is 5.02 Å². The van der Waals surface area contributed by atoms with E-state index in [4.69, 9.17) is 28.6 Å². The smallest absolute Gasteiger partial charge is 0.264 e. The van der Waals surface area contributed by atoms with Crippen LogP contribution in [0.5, 0.6) is 0 Å². The number of rotatable bonds is 6. The minimum Gasteiger partial charge on any atom is -0.372 e. The van der Waals surface area contributed by atoms with Gasteiger partial charge in [-0.2, -0.15) is 0 Å². The van der Waals surface area contributed by atoms with E-state index in [2.05, 4.69) is 16.2 Å². The zero-order valence-electron chi connectivity index (χ0n) is 12.1. The number of hydrogen-bond donors (Lipinski definition) is 3. The molecule has 0 heterocycles. The van der Waals surface area contributed by atoms with Gasteiger partial charge < -0.3 is 10.1 Å². The van der Waals surface area contributed by atoms with Gasteiger partial charge in [0.05, 0.1) is 0 Å². The second kappa shape index (κ2) is 10.1. The number of nitrogens with one attached hydrogen (secondary N) is 3. The molecule has 0 aliphatic rings. The molecule has 2 amide bonds. The van der Waals surface area contributed by atoms with Gasteiger partial charge in [0, 0.05) is 18.1 Å². The Kier molecular flexibility index (Phi) is 8.42. The van der Waals surface area contributed by atoms with Crippen LogP contribution in [0.1, 0.15) is 18.9 Å². The van der Waals surface area contributed by atoms with Gasteiger partial charge in [-0.25, -0.2) is 0 Å². The van der Waals surface area contributed by atoms with E-state index in [1.165, 1.54) is 0 Å². The van der Waals surface area contributed by atoms with Crippen molar-refractivity contribution < 1.29 is 14.3 Å². The Morgan fingerprint density at radius 3 is 2.64 bits per heavy atom. The molecule has 0 fully saturated rings. The summed E-state index contributed by atoms with van der Waals surface area (Å²) in [6.07, 6.45) is 0.739. The number of amides is 2. The van der Waals surface area contributed by atoms with Crippen LogP contribution in [0.4, 0.5) is 0 Å². The Hall–Kier alpha value is -1.70. The maximum Gasteiger partial charge on any atom is 0.264 e. The monoisotopic (exact) mass is 343 g/mol. The van der Waals surface area contributed by atoms with E-state index in [0.717, 1.165) is 5.56 Å². The summed E-state index contributed by atoms with van der Waals surface area (Å²) in [5.41, 5.74) is 5.63. The summed E-state index contributed by atoms with van der Waals surface area (Å²) >= 11 is 10.9. The minimum atomic E-state index is -0.380. The highest BCUT2D eigenvalue weighted by Gasteiger charge is 2.07. The van der Waals surface area contributed by atoms with Crippen molar-refractivity contribution in [1.29, 1.82) is 0 Å². The van der Waals surface area contributed by atoms with Crippen LogP contribution in [0, 0.1) is 0 Å². The number of hydrogen-bond acceptors (Lipinski definition) is 4. The molecule has 0 atom stereocenters. The third-order valence-corrected chi connectivity index (χ3v) is 3.16. The third kappa shape index (κ3) is 7.35. The summed E-state index contributed by atoms with van der Waals surface area (Å²) < 4.78 is 4.91. The van der Waals surface area contributed by atoms with Crippen molar-refractivity contribution >= 4 is 40.7 Å². The predicted octanol–water partition coefficient (Wildman–Crippen LogP) is 1.33. The van der Waals surface area contributed by atoms with E-state index < -0.39 is 0 Å². The summed E-state index contributed by atoms with van der Waals surface area (Å²) in [4.78, 5) is 23.0. The molecule has 0 spiro atoms. The zero-order valence-corrected chi connectivity index (χ0v) is 13.7. The molecule has 0 saturated heterocycles. The average Bonchev–Trinajstić information content (AvgIpc) is 2.50. The van der Waals surface area contributed by atoms with Crippen molar-refractivity contribution in [3.63, 3.8) is 0 Å². The van der Waals surface area contributed by atoms with Crippen molar-refractivity contribution in [3.8, 4) is 0 Å². The lowest BCUT2D eigenvalue weighted by atomic mass is 10.1. The molecule has 0 unspecified atom stereocenters. The number of hydrazine groups is 1. The topological polar surface area (TPSA) is 79.5 Å². The molecule has 0 aliphatic heterocycles. The molecule has 0 aliphatic carbocycles. The zero-order chi connectivity index (χ0) is 16.4. The molecule has 0 bridgehead atoms. The van der Waals surface area contributed by atoms with Gasteiger partial charge in [-0.05, 0) is 37.2 Å². The van der Waals surface area contributed by atoms with Gasteiger partial charge in [0.2, 0.25) is 5.91 Å². The van der Waals surface area contributed by atoms with Gasteiger partial charge in [0.1, 0.15) is 6.61 Å². The first-order chi connectivity index (χ1) is 10.5. The van der Waals surface area contributed by atoms with Gasteiger partial charge in [0.25, 0.3) is 5.91 Å². The number of carbonyl (C=O) groups is 2. The van der Waals surface area contributed by atoms with Crippen molar-refractivity contribution in [1.82, 2.24) is 16.2 Å². The Morgan fingerprint density at radius 1 is 1.23 bits per heavy atom. The molecule has 0 aromatic heterocycles. The van der Waals surface area contributed by atoms with E-state index in [1.54, 1.807) is 13.0 Å². The SMILES string of the molecule is CCOCC(=O)NNC(=S)NC(=O)CCc1ccccc1Cl. The van der Waals surface area contributed by atoms with Crippen molar-refractivity contribution in [2.75, 3.05) is 13.2 Å². The molecular weight excluding hydrogens is 326 g/mol. The standard InChI is InChI=1S/C14H18ClN3O3S/c1-2-21-9-13(20)17-18-14(22)16-12(19)8-7-10-5-3-4-6-11(10)15/h3-6H,2,7-9H2,1H3,(H,17,20)(H2,16,18,19,22). The maximum absolute atomic E-state index is 11.7. The lowest BCUT2D eigenvalue weighted by Gasteiger charge is -2.11. The van der Waals surface area contributed by atoms with Crippen LogP contribution in [-0.2, 0) is 20.7 Å². The van der Waals surface area contributed by atoms with Crippen LogP contribution in [0.3, 0.4) is 0 Å². The van der Waals surface area contributed by atoms with Gasteiger partial charge >= 0.3 is 0 Å². The van der Waals surface area contributed by atoms with Gasteiger partial charge in [-0.3, -0.25) is 20.4 Å². The first kappa shape index (κ1) is 18.3. The van der Waals surface area contributed by atoms with E-state index in [-0.39, 0.29) is 30.0 Å². The minimum absolute atomic E-state index is 0.0222. The molecule has 0 saturated carbocycles. The molecule has 8 heteroatoms. The second-order valence-corrected chi connectivity index (χ2v) is 5.09. The Bertz CT molecular complexity index is 540. The number of aryl methyl sites for hydroxylation is 1. The fourth-order valence-electron chi connectivity index (χ4n) is 1.53. The molecule has 3 N–H and O–H groups in total. The Balaban J connectivity index is 2.25.